The quantitative estimate of drug-likeness (QED) is 0.686. The normalized spacial score (nSPS) is 23.9. The first-order valence-corrected chi connectivity index (χ1v) is 7.12. The molecule has 2 atom stereocenters. The Morgan fingerprint density at radius 2 is 2.11 bits per heavy atom. The highest BCUT2D eigenvalue weighted by Crippen LogP contribution is 2.33. The van der Waals surface area contributed by atoms with Gasteiger partial charge in [0, 0.05) is 4.47 Å². The molecule has 4 heteroatoms. The Hall–Kier alpha value is -1.13. The molecule has 3 nitrogen and oxygen atoms in total. The number of carbonyl (C=O) groups is 1. The summed E-state index contributed by atoms with van der Waals surface area (Å²) >= 11 is 3.41. The van der Waals surface area contributed by atoms with Crippen LogP contribution in [0.3, 0.4) is 0 Å². The van der Waals surface area contributed by atoms with E-state index in [1.807, 2.05) is 31.2 Å². The van der Waals surface area contributed by atoms with Gasteiger partial charge in [0.05, 0.1) is 12.6 Å². The Morgan fingerprint density at radius 3 is 2.63 bits per heavy atom. The summed E-state index contributed by atoms with van der Waals surface area (Å²) in [5.41, 5.74) is 0.552. The number of nitrogens with one attached hydrogen (secondary N) is 1. The Kier molecular flexibility index (Phi) is 4.42. The molecule has 0 unspecified atom stereocenters. The van der Waals surface area contributed by atoms with Gasteiger partial charge in [-0.15, -0.1) is 0 Å². The van der Waals surface area contributed by atoms with Gasteiger partial charge < -0.3 is 10.1 Å². The van der Waals surface area contributed by atoms with E-state index in [-0.39, 0.29) is 11.9 Å². The van der Waals surface area contributed by atoms with E-state index < -0.39 is 5.54 Å². The van der Waals surface area contributed by atoms with Gasteiger partial charge in [-0.3, -0.25) is 4.79 Å². The lowest BCUT2D eigenvalue weighted by atomic mass is 9.79. The maximum absolute atomic E-state index is 12.2. The van der Waals surface area contributed by atoms with E-state index in [1.54, 1.807) is 0 Å². The summed E-state index contributed by atoms with van der Waals surface area (Å²) in [6, 6.07) is 7.81. The van der Waals surface area contributed by atoms with E-state index in [0.717, 1.165) is 23.0 Å². The summed E-state index contributed by atoms with van der Waals surface area (Å²) in [6.45, 7) is 2.91. The highest BCUT2D eigenvalue weighted by molar-refractivity contribution is 9.10. The van der Waals surface area contributed by atoms with Crippen LogP contribution in [0.4, 0.5) is 0 Å². The van der Waals surface area contributed by atoms with Gasteiger partial charge in [0.2, 0.25) is 0 Å². The smallest absolute Gasteiger partial charge is 0.315 e. The molecule has 0 radical (unpaired) electrons. The zero-order chi connectivity index (χ0) is 13.9. The first-order valence-electron chi connectivity index (χ1n) is 6.33. The summed E-state index contributed by atoms with van der Waals surface area (Å²) in [6.07, 6.45) is 5.18. The molecule has 0 aromatic heterocycles. The van der Waals surface area contributed by atoms with Gasteiger partial charge in [-0.25, -0.2) is 0 Å². The fraction of sp³-hybridized carbons (Fsp3) is 0.400. The SMILES string of the molecule is COC(=O)[C@H](c1ccc(Br)cc1)[C@]1(C)C=CCCN1. The number of ether oxygens (including phenoxy) is 1. The molecule has 2 rings (SSSR count). The number of carbonyl (C=O) groups excluding carboxylic acids is 1. The van der Waals surface area contributed by atoms with Crippen LogP contribution < -0.4 is 5.32 Å². The molecule has 1 heterocycles. The summed E-state index contributed by atoms with van der Waals surface area (Å²) in [5, 5.41) is 3.42. The van der Waals surface area contributed by atoms with Crippen LogP contribution in [0.15, 0.2) is 40.9 Å². The van der Waals surface area contributed by atoms with Crippen molar-refractivity contribution in [1.82, 2.24) is 5.32 Å². The number of halogens is 1. The molecule has 0 spiro atoms. The molecule has 0 saturated heterocycles. The number of benzene rings is 1. The topological polar surface area (TPSA) is 38.3 Å². The van der Waals surface area contributed by atoms with Crippen LogP contribution in [-0.4, -0.2) is 25.2 Å². The first kappa shape index (κ1) is 14.3. The number of methoxy groups -OCH3 is 1. The average Bonchev–Trinajstić information content (AvgIpc) is 2.41. The molecule has 1 aliphatic rings. The zero-order valence-corrected chi connectivity index (χ0v) is 12.7. The van der Waals surface area contributed by atoms with E-state index in [0.29, 0.717) is 0 Å². The number of esters is 1. The molecule has 1 aliphatic heterocycles. The van der Waals surface area contributed by atoms with Crippen molar-refractivity contribution < 1.29 is 9.53 Å². The van der Waals surface area contributed by atoms with E-state index in [2.05, 4.69) is 33.4 Å². The highest BCUT2D eigenvalue weighted by Gasteiger charge is 2.39. The molecule has 1 aromatic rings. The molecule has 19 heavy (non-hydrogen) atoms. The predicted octanol–water partition coefficient (Wildman–Crippen LogP) is 3.01. The lowest BCUT2D eigenvalue weighted by molar-refractivity contribution is -0.144. The van der Waals surface area contributed by atoms with Crippen molar-refractivity contribution in [3.8, 4) is 0 Å². The Bertz CT molecular complexity index is 483. The van der Waals surface area contributed by atoms with Gasteiger partial charge in [-0.1, -0.05) is 40.2 Å². The second-order valence-corrected chi connectivity index (χ2v) is 5.82. The molecule has 0 saturated carbocycles. The van der Waals surface area contributed by atoms with Gasteiger partial charge in [-0.05, 0) is 37.6 Å². The van der Waals surface area contributed by atoms with Gasteiger partial charge in [-0.2, -0.15) is 0 Å². The second-order valence-electron chi connectivity index (χ2n) is 4.91. The fourth-order valence-electron chi connectivity index (χ4n) is 2.51. The maximum atomic E-state index is 12.2. The summed E-state index contributed by atoms with van der Waals surface area (Å²) in [4.78, 5) is 12.2. The second kappa shape index (κ2) is 5.88. The molecule has 0 bridgehead atoms. The van der Waals surface area contributed by atoms with Crippen LogP contribution in [-0.2, 0) is 9.53 Å². The van der Waals surface area contributed by atoms with Gasteiger partial charge in [0.15, 0.2) is 0 Å². The van der Waals surface area contributed by atoms with Crippen molar-refractivity contribution in [2.75, 3.05) is 13.7 Å². The van der Waals surface area contributed by atoms with Gasteiger partial charge in [0.1, 0.15) is 5.92 Å². The fourth-order valence-corrected chi connectivity index (χ4v) is 2.77. The lowest BCUT2D eigenvalue weighted by Gasteiger charge is -2.37. The molecule has 1 N–H and O–H groups in total. The monoisotopic (exact) mass is 323 g/mol. The van der Waals surface area contributed by atoms with Crippen LogP contribution in [0.1, 0.15) is 24.8 Å². The molecule has 1 aromatic carbocycles. The van der Waals surface area contributed by atoms with E-state index in [4.69, 9.17) is 4.74 Å². The van der Waals surface area contributed by atoms with Gasteiger partial charge in [0.25, 0.3) is 0 Å². The number of hydrogen-bond acceptors (Lipinski definition) is 3. The summed E-state index contributed by atoms with van der Waals surface area (Å²) in [7, 11) is 1.43. The van der Waals surface area contributed by atoms with Crippen molar-refractivity contribution in [1.29, 1.82) is 0 Å². The zero-order valence-electron chi connectivity index (χ0n) is 11.2. The molecule has 0 aliphatic carbocycles. The maximum Gasteiger partial charge on any atom is 0.315 e. The Labute approximate surface area is 122 Å². The van der Waals surface area contributed by atoms with E-state index in [9.17, 15) is 4.79 Å². The Balaban J connectivity index is 2.41. The minimum Gasteiger partial charge on any atom is -0.468 e. The standard InChI is InChI=1S/C15H18BrNO2/c1-15(9-3-4-10-17-15)13(14(18)19-2)11-5-7-12(16)8-6-11/h3,5-9,13,17H,4,10H2,1-2H3/t13-,15-/m0/s1. The average molecular weight is 324 g/mol. The van der Waals surface area contributed by atoms with Gasteiger partial charge >= 0.3 is 5.97 Å². The third kappa shape index (κ3) is 3.07. The van der Waals surface area contributed by atoms with Crippen molar-refractivity contribution >= 4 is 21.9 Å². The minimum atomic E-state index is -0.404. The molecule has 0 fully saturated rings. The van der Waals surface area contributed by atoms with Crippen molar-refractivity contribution in [2.24, 2.45) is 0 Å². The number of rotatable bonds is 3. The lowest BCUT2D eigenvalue weighted by Crippen LogP contribution is -2.50. The van der Waals surface area contributed by atoms with Crippen LogP contribution in [0.5, 0.6) is 0 Å². The van der Waals surface area contributed by atoms with Crippen molar-refractivity contribution in [2.45, 2.75) is 24.8 Å². The number of hydrogen-bond donors (Lipinski definition) is 1. The Morgan fingerprint density at radius 1 is 1.42 bits per heavy atom. The minimum absolute atomic E-state index is 0.219. The first-order chi connectivity index (χ1) is 9.07. The van der Waals surface area contributed by atoms with E-state index >= 15 is 0 Å². The largest absolute Gasteiger partial charge is 0.468 e. The third-order valence-corrected chi connectivity index (χ3v) is 4.05. The summed E-state index contributed by atoms with van der Waals surface area (Å²) < 4.78 is 5.99. The van der Waals surface area contributed by atoms with Crippen molar-refractivity contribution in [3.63, 3.8) is 0 Å². The van der Waals surface area contributed by atoms with E-state index in [1.165, 1.54) is 7.11 Å². The van der Waals surface area contributed by atoms with Crippen LogP contribution in [0.2, 0.25) is 0 Å². The third-order valence-electron chi connectivity index (χ3n) is 3.52. The van der Waals surface area contributed by atoms with Crippen LogP contribution >= 0.6 is 15.9 Å². The van der Waals surface area contributed by atoms with Crippen LogP contribution in [0, 0.1) is 0 Å². The molecular weight excluding hydrogens is 306 g/mol. The molecule has 102 valence electrons. The highest BCUT2D eigenvalue weighted by atomic mass is 79.9. The molecular formula is C15H18BrNO2. The summed E-state index contributed by atoms with van der Waals surface area (Å²) in [5.74, 6) is -0.564. The predicted molar refractivity (Wildman–Crippen MR) is 79.1 cm³/mol. The van der Waals surface area contributed by atoms with Crippen LogP contribution in [0.25, 0.3) is 0 Å². The van der Waals surface area contributed by atoms with Crippen molar-refractivity contribution in [3.05, 3.63) is 46.5 Å². The molecule has 0 amide bonds.